The molecule has 1 heterocycles. The molecular formula is C51H33NO. The zero-order valence-electron chi connectivity index (χ0n) is 28.9. The summed E-state index contributed by atoms with van der Waals surface area (Å²) in [6, 6.07) is 70.4. The van der Waals surface area contributed by atoms with E-state index >= 15 is 0 Å². The lowest BCUT2D eigenvalue weighted by molar-refractivity contribution is 0.669. The van der Waals surface area contributed by atoms with E-state index in [4.69, 9.17) is 4.42 Å². The average Bonchev–Trinajstić information content (AvgIpc) is 3.75. The van der Waals surface area contributed by atoms with Gasteiger partial charge in [0.15, 0.2) is 0 Å². The van der Waals surface area contributed by atoms with E-state index in [0.717, 1.165) is 39.0 Å². The van der Waals surface area contributed by atoms with Crippen molar-refractivity contribution in [3.05, 3.63) is 211 Å². The van der Waals surface area contributed by atoms with Crippen LogP contribution >= 0.6 is 0 Å². The van der Waals surface area contributed by atoms with Crippen molar-refractivity contribution >= 4 is 60.5 Å². The number of hydrogen-bond donors (Lipinski definition) is 0. The van der Waals surface area contributed by atoms with E-state index in [1.807, 2.05) is 6.07 Å². The van der Waals surface area contributed by atoms with Crippen LogP contribution in [0.5, 0.6) is 0 Å². The Labute approximate surface area is 307 Å². The molecule has 1 unspecified atom stereocenters. The third-order valence-corrected chi connectivity index (χ3v) is 11.1. The molecule has 0 amide bonds. The lowest BCUT2D eigenvalue weighted by Crippen LogP contribution is -2.09. The summed E-state index contributed by atoms with van der Waals surface area (Å²) in [5, 5.41) is 7.21. The van der Waals surface area contributed by atoms with E-state index in [2.05, 4.69) is 193 Å². The summed E-state index contributed by atoms with van der Waals surface area (Å²) >= 11 is 0. The second-order valence-electron chi connectivity index (χ2n) is 14.1. The molecule has 0 saturated carbocycles. The molecule has 9 aromatic carbocycles. The summed E-state index contributed by atoms with van der Waals surface area (Å²) in [6.45, 7) is 0. The average molecular weight is 676 g/mol. The number of anilines is 3. The Bertz CT molecular complexity index is 2940. The first kappa shape index (κ1) is 29.8. The van der Waals surface area contributed by atoms with E-state index in [1.165, 1.54) is 60.5 Å². The number of benzene rings is 9. The van der Waals surface area contributed by atoms with E-state index in [1.54, 1.807) is 0 Å². The fraction of sp³-hybridized carbons (Fsp3) is 0.0196. The van der Waals surface area contributed by atoms with Crippen molar-refractivity contribution in [3.63, 3.8) is 0 Å². The standard InChI is InChI=1S/C51H33NO/c1-4-14-34(15-5-1)51-41-22-11-10-20-39(41)44-30-43-35(29-48(44)51)28-42(46-32-50-47(31-45(43)46)40-21-12-13-23-49(40)53-50)33-24-26-38(27-25-33)52(36-16-6-2-7-17-36)37-18-8-3-9-19-37/h1-32,51H. The molecule has 0 bridgehead atoms. The van der Waals surface area contributed by atoms with Gasteiger partial charge in [-0.1, -0.05) is 121 Å². The zero-order valence-corrected chi connectivity index (χ0v) is 28.9. The molecule has 11 rings (SSSR count). The second kappa shape index (κ2) is 11.8. The molecule has 0 spiro atoms. The highest BCUT2D eigenvalue weighted by molar-refractivity contribution is 6.21. The van der Waals surface area contributed by atoms with Crippen molar-refractivity contribution in [1.29, 1.82) is 0 Å². The highest BCUT2D eigenvalue weighted by atomic mass is 16.3. The van der Waals surface area contributed by atoms with Gasteiger partial charge in [0.1, 0.15) is 11.2 Å². The predicted octanol–water partition coefficient (Wildman–Crippen LogP) is 14.2. The van der Waals surface area contributed by atoms with Gasteiger partial charge in [0.25, 0.3) is 0 Å². The number of fused-ring (bicyclic) bond motifs is 9. The van der Waals surface area contributed by atoms with Crippen LogP contribution in [0.1, 0.15) is 22.6 Å². The molecule has 53 heavy (non-hydrogen) atoms. The van der Waals surface area contributed by atoms with Crippen molar-refractivity contribution in [1.82, 2.24) is 0 Å². The number of rotatable bonds is 5. The molecule has 248 valence electrons. The van der Waals surface area contributed by atoms with Gasteiger partial charge in [-0.15, -0.1) is 0 Å². The van der Waals surface area contributed by atoms with Gasteiger partial charge in [-0.3, -0.25) is 0 Å². The summed E-state index contributed by atoms with van der Waals surface area (Å²) < 4.78 is 6.49. The van der Waals surface area contributed by atoms with Gasteiger partial charge in [0.2, 0.25) is 0 Å². The van der Waals surface area contributed by atoms with Crippen LogP contribution in [-0.2, 0) is 0 Å². The Morgan fingerprint density at radius 3 is 1.75 bits per heavy atom. The first-order valence-corrected chi connectivity index (χ1v) is 18.3. The predicted molar refractivity (Wildman–Crippen MR) is 222 cm³/mol. The van der Waals surface area contributed by atoms with Crippen molar-refractivity contribution in [2.24, 2.45) is 0 Å². The largest absolute Gasteiger partial charge is 0.456 e. The molecule has 1 aliphatic carbocycles. The maximum Gasteiger partial charge on any atom is 0.136 e. The van der Waals surface area contributed by atoms with Crippen LogP contribution in [0, 0.1) is 0 Å². The van der Waals surface area contributed by atoms with Crippen LogP contribution in [0.4, 0.5) is 17.1 Å². The molecule has 0 aliphatic heterocycles. The van der Waals surface area contributed by atoms with Gasteiger partial charge in [-0.2, -0.15) is 0 Å². The molecule has 0 N–H and O–H groups in total. The SMILES string of the molecule is c1ccc(C2c3ccccc3-c3cc4c(cc32)cc(-c2ccc(N(c3ccccc3)c3ccccc3)cc2)c2cc3oc5ccccc5c3cc24)cc1. The van der Waals surface area contributed by atoms with Crippen molar-refractivity contribution in [3.8, 4) is 22.3 Å². The highest BCUT2D eigenvalue weighted by Crippen LogP contribution is 2.51. The zero-order chi connectivity index (χ0) is 34.9. The van der Waals surface area contributed by atoms with Crippen molar-refractivity contribution < 1.29 is 4.42 Å². The molecule has 0 saturated heterocycles. The van der Waals surface area contributed by atoms with Crippen LogP contribution in [-0.4, -0.2) is 0 Å². The fourth-order valence-electron chi connectivity index (χ4n) is 8.71. The minimum atomic E-state index is 0.187. The van der Waals surface area contributed by atoms with Crippen molar-refractivity contribution in [2.75, 3.05) is 4.90 Å². The minimum absolute atomic E-state index is 0.187. The van der Waals surface area contributed by atoms with Gasteiger partial charge in [0, 0.05) is 33.8 Å². The van der Waals surface area contributed by atoms with Gasteiger partial charge in [-0.25, -0.2) is 0 Å². The molecule has 0 fully saturated rings. The molecular weight excluding hydrogens is 643 g/mol. The normalized spacial score (nSPS) is 13.5. The maximum atomic E-state index is 6.49. The Morgan fingerprint density at radius 1 is 0.358 bits per heavy atom. The Kier molecular flexibility index (Phi) is 6.65. The third-order valence-electron chi connectivity index (χ3n) is 11.1. The summed E-state index contributed by atoms with van der Waals surface area (Å²) in [5.41, 5.74) is 14.2. The van der Waals surface area contributed by atoms with Crippen molar-refractivity contribution in [2.45, 2.75) is 5.92 Å². The molecule has 0 radical (unpaired) electrons. The summed E-state index contributed by atoms with van der Waals surface area (Å²) in [4.78, 5) is 2.31. The fourth-order valence-corrected chi connectivity index (χ4v) is 8.71. The van der Waals surface area contributed by atoms with Crippen LogP contribution in [0.3, 0.4) is 0 Å². The quantitative estimate of drug-likeness (QED) is 0.169. The number of hydrogen-bond acceptors (Lipinski definition) is 2. The first-order valence-electron chi connectivity index (χ1n) is 18.3. The first-order chi connectivity index (χ1) is 26.3. The van der Waals surface area contributed by atoms with Gasteiger partial charge >= 0.3 is 0 Å². The van der Waals surface area contributed by atoms with Crippen LogP contribution < -0.4 is 4.90 Å². The van der Waals surface area contributed by atoms with Gasteiger partial charge < -0.3 is 9.32 Å². The third kappa shape index (κ3) is 4.73. The monoisotopic (exact) mass is 675 g/mol. The molecule has 2 nitrogen and oxygen atoms in total. The van der Waals surface area contributed by atoms with E-state index in [-0.39, 0.29) is 5.92 Å². The summed E-state index contributed by atoms with van der Waals surface area (Å²) in [5.74, 6) is 0.187. The van der Waals surface area contributed by atoms with E-state index in [0.29, 0.717) is 0 Å². The lowest BCUT2D eigenvalue weighted by Gasteiger charge is -2.25. The van der Waals surface area contributed by atoms with Crippen LogP contribution in [0.25, 0.3) is 65.7 Å². The Balaban J connectivity index is 1.15. The second-order valence-corrected chi connectivity index (χ2v) is 14.1. The number of para-hydroxylation sites is 3. The van der Waals surface area contributed by atoms with Crippen LogP contribution in [0.2, 0.25) is 0 Å². The molecule has 10 aromatic rings. The summed E-state index contributed by atoms with van der Waals surface area (Å²) in [6.07, 6.45) is 0. The Hall–Kier alpha value is -6.90. The minimum Gasteiger partial charge on any atom is -0.456 e. The van der Waals surface area contributed by atoms with Gasteiger partial charge in [-0.05, 0) is 133 Å². The smallest absolute Gasteiger partial charge is 0.136 e. The van der Waals surface area contributed by atoms with Gasteiger partial charge in [0.05, 0.1) is 0 Å². The highest BCUT2D eigenvalue weighted by Gasteiger charge is 2.30. The summed E-state index contributed by atoms with van der Waals surface area (Å²) in [7, 11) is 0. The van der Waals surface area contributed by atoms with E-state index in [9.17, 15) is 0 Å². The molecule has 2 heteroatoms. The maximum absolute atomic E-state index is 6.49. The Morgan fingerprint density at radius 2 is 1.00 bits per heavy atom. The molecule has 1 atom stereocenters. The molecule has 1 aliphatic rings. The number of nitrogens with zero attached hydrogens (tertiary/aromatic N) is 1. The van der Waals surface area contributed by atoms with E-state index < -0.39 is 0 Å². The number of furan rings is 1. The molecule has 1 aromatic heterocycles. The van der Waals surface area contributed by atoms with Crippen LogP contribution in [0.15, 0.2) is 199 Å². The lowest BCUT2D eigenvalue weighted by atomic mass is 9.86. The topological polar surface area (TPSA) is 16.4 Å².